The monoisotopic (exact) mass is 351 g/mol. The van der Waals surface area contributed by atoms with Crippen LogP contribution in [0.1, 0.15) is 23.0 Å². The molecule has 130 valence electrons. The number of nitrogens with zero attached hydrogens (tertiary/aromatic N) is 1. The van der Waals surface area contributed by atoms with E-state index < -0.39 is 22.9 Å². The molecule has 0 fully saturated rings. The number of aryl methyl sites for hydroxylation is 1. The van der Waals surface area contributed by atoms with Crippen molar-refractivity contribution < 1.29 is 18.4 Å². The summed E-state index contributed by atoms with van der Waals surface area (Å²) in [5.74, 6) is -0.842. The van der Waals surface area contributed by atoms with E-state index >= 15 is 0 Å². The van der Waals surface area contributed by atoms with Crippen molar-refractivity contribution in [1.29, 1.82) is 0 Å². The lowest BCUT2D eigenvalue weighted by Crippen LogP contribution is -2.19. The number of hydrogen-bond acceptors (Lipinski definition) is 7. The van der Waals surface area contributed by atoms with Gasteiger partial charge >= 0.3 is 17.2 Å². The zero-order valence-electron chi connectivity index (χ0n) is 14.0. The summed E-state index contributed by atoms with van der Waals surface area (Å²) in [6.07, 6.45) is 0. The van der Waals surface area contributed by atoms with E-state index in [1.54, 1.807) is 38.1 Å². The first-order valence-electron chi connectivity index (χ1n) is 7.98. The second kappa shape index (κ2) is 5.80. The molecular formula is C19H13NO6. The van der Waals surface area contributed by atoms with E-state index in [9.17, 15) is 14.4 Å². The number of hydrogen-bond donors (Lipinski definition) is 0. The molecule has 0 saturated carbocycles. The number of fused-ring (bicyclic) bond motifs is 4. The second-order valence-corrected chi connectivity index (χ2v) is 5.73. The van der Waals surface area contributed by atoms with E-state index in [-0.39, 0.29) is 12.2 Å². The van der Waals surface area contributed by atoms with Gasteiger partial charge in [-0.1, -0.05) is 18.2 Å². The maximum absolute atomic E-state index is 12.2. The lowest BCUT2D eigenvalue weighted by atomic mass is 10.0. The third-order valence-corrected chi connectivity index (χ3v) is 4.16. The Bertz CT molecular complexity index is 1320. The Morgan fingerprint density at radius 3 is 2.46 bits per heavy atom. The quantitative estimate of drug-likeness (QED) is 0.237. The molecule has 0 aliphatic carbocycles. The standard InChI is InChI=1S/C19H13NO6/c1-3-24-18(22)14-19(23)26-16-9(2)15-12(8-13(16)20-14)10-6-4-5-7-11(10)17(21)25-15/h4-8H,3H2,1-2H3. The molecule has 2 aromatic heterocycles. The number of aromatic nitrogens is 1. The van der Waals surface area contributed by atoms with E-state index in [2.05, 4.69) is 4.98 Å². The summed E-state index contributed by atoms with van der Waals surface area (Å²) in [5.41, 5.74) is -0.559. The first kappa shape index (κ1) is 16.0. The van der Waals surface area contributed by atoms with Gasteiger partial charge in [0.2, 0.25) is 5.69 Å². The highest BCUT2D eigenvalue weighted by Crippen LogP contribution is 2.30. The zero-order valence-corrected chi connectivity index (χ0v) is 14.0. The summed E-state index contributed by atoms with van der Waals surface area (Å²) < 4.78 is 15.5. The molecule has 4 aromatic rings. The smallest absolute Gasteiger partial charge is 0.370 e. The first-order valence-corrected chi connectivity index (χ1v) is 7.98. The normalized spacial score (nSPS) is 11.3. The van der Waals surface area contributed by atoms with Crippen molar-refractivity contribution in [2.45, 2.75) is 13.8 Å². The summed E-state index contributed by atoms with van der Waals surface area (Å²) in [7, 11) is 0. The number of esters is 1. The van der Waals surface area contributed by atoms with E-state index in [1.807, 2.05) is 6.07 Å². The molecule has 0 saturated heterocycles. The third kappa shape index (κ3) is 2.28. The molecule has 4 rings (SSSR count). The molecule has 2 heterocycles. The molecule has 7 nitrogen and oxygen atoms in total. The number of carbonyl (C=O) groups excluding carboxylic acids is 1. The molecule has 2 aromatic carbocycles. The highest BCUT2D eigenvalue weighted by molar-refractivity contribution is 6.09. The zero-order chi connectivity index (χ0) is 18.4. The lowest BCUT2D eigenvalue weighted by molar-refractivity contribution is 0.0514. The van der Waals surface area contributed by atoms with Crippen LogP contribution in [0.5, 0.6) is 0 Å². The van der Waals surface area contributed by atoms with Crippen molar-refractivity contribution in [2.24, 2.45) is 0 Å². The van der Waals surface area contributed by atoms with Gasteiger partial charge in [-0.05, 0) is 26.0 Å². The minimum atomic E-state index is -0.901. The molecule has 0 amide bonds. The van der Waals surface area contributed by atoms with Crippen LogP contribution in [0.25, 0.3) is 32.8 Å². The molecule has 0 atom stereocenters. The second-order valence-electron chi connectivity index (χ2n) is 5.73. The molecular weight excluding hydrogens is 338 g/mol. The van der Waals surface area contributed by atoms with Crippen molar-refractivity contribution in [2.75, 3.05) is 6.61 Å². The SMILES string of the molecule is CCOC(=O)c1nc2cc3c(oc(=O)c4ccccc43)c(C)c2oc1=O. The number of rotatable bonds is 2. The third-order valence-electron chi connectivity index (χ3n) is 4.16. The van der Waals surface area contributed by atoms with Crippen LogP contribution in [0, 0.1) is 6.92 Å². The summed E-state index contributed by atoms with van der Waals surface area (Å²) >= 11 is 0. The molecule has 7 heteroatoms. The summed E-state index contributed by atoms with van der Waals surface area (Å²) in [5, 5.41) is 1.76. The van der Waals surface area contributed by atoms with Gasteiger partial charge in [0.15, 0.2) is 5.58 Å². The van der Waals surface area contributed by atoms with Crippen LogP contribution < -0.4 is 11.3 Å². The first-order chi connectivity index (χ1) is 12.5. The Kier molecular flexibility index (Phi) is 3.57. The summed E-state index contributed by atoms with van der Waals surface area (Å²) in [6.45, 7) is 3.41. The Morgan fingerprint density at radius 1 is 1.04 bits per heavy atom. The summed E-state index contributed by atoms with van der Waals surface area (Å²) in [4.78, 5) is 40.4. The number of benzene rings is 2. The van der Waals surface area contributed by atoms with Crippen LogP contribution in [0.3, 0.4) is 0 Å². The maximum Gasteiger partial charge on any atom is 0.370 e. The predicted octanol–water partition coefficient (Wildman–Crippen LogP) is 2.93. The highest BCUT2D eigenvalue weighted by atomic mass is 16.5. The van der Waals surface area contributed by atoms with Crippen molar-refractivity contribution in [3.05, 3.63) is 62.4 Å². The molecule has 0 radical (unpaired) electrons. The van der Waals surface area contributed by atoms with Crippen LogP contribution in [-0.4, -0.2) is 17.6 Å². The molecule has 0 spiro atoms. The lowest BCUT2D eigenvalue weighted by Gasteiger charge is -2.08. The van der Waals surface area contributed by atoms with Gasteiger partial charge in [-0.15, -0.1) is 0 Å². The fourth-order valence-corrected chi connectivity index (χ4v) is 2.99. The fraction of sp³-hybridized carbons (Fsp3) is 0.158. The van der Waals surface area contributed by atoms with E-state index in [4.69, 9.17) is 13.6 Å². The molecule has 0 unspecified atom stereocenters. The minimum absolute atomic E-state index is 0.116. The molecule has 0 N–H and O–H groups in total. The van der Waals surface area contributed by atoms with Crippen LogP contribution in [-0.2, 0) is 4.74 Å². The number of carbonyl (C=O) groups is 1. The fourth-order valence-electron chi connectivity index (χ4n) is 2.99. The van der Waals surface area contributed by atoms with Crippen LogP contribution in [0.15, 0.2) is 48.8 Å². The van der Waals surface area contributed by atoms with Gasteiger partial charge in [0.1, 0.15) is 11.1 Å². The Balaban J connectivity index is 2.15. The van der Waals surface area contributed by atoms with E-state index in [0.29, 0.717) is 32.8 Å². The minimum Gasteiger partial charge on any atom is -0.461 e. The van der Waals surface area contributed by atoms with E-state index in [0.717, 1.165) is 0 Å². The van der Waals surface area contributed by atoms with Crippen LogP contribution in [0.4, 0.5) is 0 Å². The topological polar surface area (TPSA) is 99.6 Å². The van der Waals surface area contributed by atoms with Gasteiger partial charge in [-0.2, -0.15) is 0 Å². The molecule has 0 aliphatic heterocycles. The van der Waals surface area contributed by atoms with Crippen molar-refractivity contribution in [3.63, 3.8) is 0 Å². The molecule has 0 bridgehead atoms. The molecule has 0 aliphatic rings. The average molecular weight is 351 g/mol. The van der Waals surface area contributed by atoms with Crippen LogP contribution >= 0.6 is 0 Å². The van der Waals surface area contributed by atoms with Crippen LogP contribution in [0.2, 0.25) is 0 Å². The predicted molar refractivity (Wildman–Crippen MR) is 94.5 cm³/mol. The average Bonchev–Trinajstić information content (AvgIpc) is 2.63. The van der Waals surface area contributed by atoms with Gasteiger partial charge in [0.25, 0.3) is 0 Å². The Morgan fingerprint density at radius 2 is 1.73 bits per heavy atom. The van der Waals surface area contributed by atoms with Gasteiger partial charge in [-0.25, -0.2) is 19.4 Å². The Hall–Kier alpha value is -3.48. The van der Waals surface area contributed by atoms with Crippen molar-refractivity contribution >= 4 is 38.8 Å². The van der Waals surface area contributed by atoms with Crippen molar-refractivity contribution in [1.82, 2.24) is 4.98 Å². The van der Waals surface area contributed by atoms with Gasteiger partial charge < -0.3 is 13.6 Å². The summed E-state index contributed by atoms with van der Waals surface area (Å²) in [6, 6.07) is 8.65. The molecule has 26 heavy (non-hydrogen) atoms. The van der Waals surface area contributed by atoms with Gasteiger partial charge in [0.05, 0.1) is 12.0 Å². The highest BCUT2D eigenvalue weighted by Gasteiger charge is 2.20. The van der Waals surface area contributed by atoms with Crippen molar-refractivity contribution in [3.8, 4) is 0 Å². The van der Waals surface area contributed by atoms with Gasteiger partial charge in [-0.3, -0.25) is 0 Å². The largest absolute Gasteiger partial charge is 0.461 e. The maximum atomic E-state index is 12.2. The Labute approximate surface area is 145 Å². The number of ether oxygens (including phenoxy) is 1. The van der Waals surface area contributed by atoms with E-state index in [1.165, 1.54) is 0 Å². The van der Waals surface area contributed by atoms with Gasteiger partial charge in [0, 0.05) is 16.3 Å².